The molecule has 1 atom stereocenters. The lowest BCUT2D eigenvalue weighted by Gasteiger charge is -2.35. The molecule has 0 radical (unpaired) electrons. The molecule has 1 aliphatic rings. The first kappa shape index (κ1) is 15.2. The van der Waals surface area contributed by atoms with Gasteiger partial charge in [0.1, 0.15) is 0 Å². The summed E-state index contributed by atoms with van der Waals surface area (Å²) in [5.41, 5.74) is 0.838. The zero-order valence-corrected chi connectivity index (χ0v) is 12.7. The molecule has 1 fully saturated rings. The Kier molecular flexibility index (Phi) is 5.74. The van der Waals surface area contributed by atoms with Crippen molar-refractivity contribution in [2.75, 3.05) is 39.3 Å². The second-order valence-corrected chi connectivity index (χ2v) is 5.77. The highest BCUT2D eigenvalue weighted by Crippen LogP contribution is 2.12. The SMILES string of the molecule is CCCN1CCN(CC(C)C(=O)c2ccccc2)CC1. The Morgan fingerprint density at radius 3 is 2.30 bits per heavy atom. The van der Waals surface area contributed by atoms with Gasteiger partial charge in [0.2, 0.25) is 0 Å². The third-order valence-electron chi connectivity index (χ3n) is 4.04. The van der Waals surface area contributed by atoms with Crippen molar-refractivity contribution >= 4 is 5.78 Å². The van der Waals surface area contributed by atoms with Gasteiger partial charge < -0.3 is 9.80 Å². The van der Waals surface area contributed by atoms with Gasteiger partial charge in [-0.15, -0.1) is 0 Å². The fourth-order valence-corrected chi connectivity index (χ4v) is 2.87. The van der Waals surface area contributed by atoms with Gasteiger partial charge in [-0.25, -0.2) is 0 Å². The van der Waals surface area contributed by atoms with E-state index in [-0.39, 0.29) is 11.7 Å². The van der Waals surface area contributed by atoms with Gasteiger partial charge in [0.25, 0.3) is 0 Å². The molecule has 0 bridgehead atoms. The Hall–Kier alpha value is -1.19. The molecule has 1 heterocycles. The molecule has 1 aromatic carbocycles. The van der Waals surface area contributed by atoms with Crippen LogP contribution in [0.2, 0.25) is 0 Å². The number of nitrogens with zero attached hydrogens (tertiary/aromatic N) is 2. The number of hydrogen-bond donors (Lipinski definition) is 0. The van der Waals surface area contributed by atoms with Crippen molar-refractivity contribution in [1.82, 2.24) is 9.80 Å². The molecule has 3 heteroatoms. The van der Waals surface area contributed by atoms with E-state index in [9.17, 15) is 4.79 Å². The van der Waals surface area contributed by atoms with Gasteiger partial charge in [0.15, 0.2) is 5.78 Å². The van der Waals surface area contributed by atoms with Crippen LogP contribution in [0.25, 0.3) is 0 Å². The molecular weight excluding hydrogens is 248 g/mol. The van der Waals surface area contributed by atoms with Gasteiger partial charge >= 0.3 is 0 Å². The number of ketones is 1. The number of hydrogen-bond acceptors (Lipinski definition) is 3. The highest BCUT2D eigenvalue weighted by atomic mass is 16.1. The normalized spacial score (nSPS) is 18.9. The molecule has 0 N–H and O–H groups in total. The minimum Gasteiger partial charge on any atom is -0.301 e. The van der Waals surface area contributed by atoms with Crippen molar-refractivity contribution in [2.24, 2.45) is 5.92 Å². The molecule has 0 spiro atoms. The second kappa shape index (κ2) is 7.55. The average Bonchev–Trinajstić information content (AvgIpc) is 2.49. The largest absolute Gasteiger partial charge is 0.301 e. The van der Waals surface area contributed by atoms with Crippen molar-refractivity contribution in [3.05, 3.63) is 35.9 Å². The first-order chi connectivity index (χ1) is 9.70. The van der Waals surface area contributed by atoms with Gasteiger partial charge in [-0.2, -0.15) is 0 Å². The zero-order chi connectivity index (χ0) is 14.4. The summed E-state index contributed by atoms with van der Waals surface area (Å²) in [7, 11) is 0. The maximum absolute atomic E-state index is 12.3. The molecule has 1 unspecified atom stereocenters. The van der Waals surface area contributed by atoms with Crippen LogP contribution in [-0.4, -0.2) is 54.9 Å². The van der Waals surface area contributed by atoms with E-state index < -0.39 is 0 Å². The number of piperazine rings is 1. The minimum absolute atomic E-state index is 0.0788. The number of carbonyl (C=O) groups is 1. The number of Topliss-reactive ketones (excluding diaryl/α,β-unsaturated/α-hetero) is 1. The molecule has 1 aromatic rings. The molecule has 0 saturated carbocycles. The van der Waals surface area contributed by atoms with Crippen molar-refractivity contribution < 1.29 is 4.79 Å². The maximum atomic E-state index is 12.3. The van der Waals surface area contributed by atoms with Gasteiger partial charge in [0, 0.05) is 44.2 Å². The van der Waals surface area contributed by atoms with Gasteiger partial charge in [0.05, 0.1) is 0 Å². The lowest BCUT2D eigenvalue weighted by atomic mass is 9.98. The van der Waals surface area contributed by atoms with Crippen LogP contribution in [0.4, 0.5) is 0 Å². The van der Waals surface area contributed by atoms with Crippen LogP contribution in [-0.2, 0) is 0 Å². The van der Waals surface area contributed by atoms with E-state index in [1.54, 1.807) is 0 Å². The van der Waals surface area contributed by atoms with E-state index in [4.69, 9.17) is 0 Å². The van der Waals surface area contributed by atoms with Gasteiger partial charge in [-0.05, 0) is 13.0 Å². The Morgan fingerprint density at radius 2 is 1.70 bits per heavy atom. The molecular formula is C17H26N2O. The number of benzene rings is 1. The van der Waals surface area contributed by atoms with Crippen LogP contribution in [0, 0.1) is 5.92 Å². The summed E-state index contributed by atoms with van der Waals surface area (Å²) in [6, 6.07) is 9.65. The van der Waals surface area contributed by atoms with E-state index >= 15 is 0 Å². The first-order valence-corrected chi connectivity index (χ1v) is 7.74. The van der Waals surface area contributed by atoms with E-state index in [2.05, 4.69) is 16.7 Å². The third kappa shape index (κ3) is 4.15. The van der Waals surface area contributed by atoms with Crippen LogP contribution in [0.15, 0.2) is 30.3 Å². The molecule has 110 valence electrons. The van der Waals surface area contributed by atoms with Crippen LogP contribution in [0.5, 0.6) is 0 Å². The summed E-state index contributed by atoms with van der Waals surface area (Å²) < 4.78 is 0. The van der Waals surface area contributed by atoms with Crippen molar-refractivity contribution in [1.29, 1.82) is 0 Å². The summed E-state index contributed by atoms with van der Waals surface area (Å²) in [5.74, 6) is 0.344. The van der Waals surface area contributed by atoms with E-state index in [0.717, 1.165) is 38.3 Å². The number of rotatable bonds is 6. The molecule has 1 saturated heterocycles. The molecule has 0 aromatic heterocycles. The Balaban J connectivity index is 1.81. The molecule has 20 heavy (non-hydrogen) atoms. The third-order valence-corrected chi connectivity index (χ3v) is 4.04. The molecule has 2 rings (SSSR count). The van der Waals surface area contributed by atoms with Crippen LogP contribution < -0.4 is 0 Å². The van der Waals surface area contributed by atoms with Crippen LogP contribution in [0.1, 0.15) is 30.6 Å². The predicted molar refractivity (Wildman–Crippen MR) is 83.1 cm³/mol. The fourth-order valence-electron chi connectivity index (χ4n) is 2.87. The molecule has 0 amide bonds. The highest BCUT2D eigenvalue weighted by molar-refractivity contribution is 5.97. The smallest absolute Gasteiger partial charge is 0.166 e. The summed E-state index contributed by atoms with van der Waals surface area (Å²) in [4.78, 5) is 17.3. The maximum Gasteiger partial charge on any atom is 0.166 e. The monoisotopic (exact) mass is 274 g/mol. The van der Waals surface area contributed by atoms with Gasteiger partial charge in [-0.1, -0.05) is 44.2 Å². The standard InChI is InChI=1S/C17H26N2O/c1-3-9-18-10-12-19(13-11-18)14-15(2)17(20)16-7-5-4-6-8-16/h4-8,15H,3,9-14H2,1-2H3. The fraction of sp³-hybridized carbons (Fsp3) is 0.588. The zero-order valence-electron chi connectivity index (χ0n) is 12.7. The second-order valence-electron chi connectivity index (χ2n) is 5.77. The molecule has 3 nitrogen and oxygen atoms in total. The van der Waals surface area contributed by atoms with Crippen LogP contribution >= 0.6 is 0 Å². The average molecular weight is 274 g/mol. The van der Waals surface area contributed by atoms with E-state index in [1.165, 1.54) is 13.0 Å². The molecule has 1 aliphatic heterocycles. The quantitative estimate of drug-likeness (QED) is 0.745. The van der Waals surface area contributed by atoms with Gasteiger partial charge in [-0.3, -0.25) is 4.79 Å². The van der Waals surface area contributed by atoms with Crippen molar-refractivity contribution in [3.63, 3.8) is 0 Å². The summed E-state index contributed by atoms with van der Waals surface area (Å²) in [5, 5.41) is 0. The lowest BCUT2D eigenvalue weighted by Crippen LogP contribution is -2.48. The highest BCUT2D eigenvalue weighted by Gasteiger charge is 2.21. The first-order valence-electron chi connectivity index (χ1n) is 7.74. The molecule has 0 aliphatic carbocycles. The Bertz CT molecular complexity index is 410. The predicted octanol–water partition coefficient (Wildman–Crippen LogP) is 2.53. The summed E-state index contributed by atoms with van der Waals surface area (Å²) in [6.07, 6.45) is 1.23. The van der Waals surface area contributed by atoms with E-state index in [0.29, 0.717) is 0 Å². The lowest BCUT2D eigenvalue weighted by molar-refractivity contribution is 0.0834. The van der Waals surface area contributed by atoms with Crippen molar-refractivity contribution in [2.45, 2.75) is 20.3 Å². The minimum atomic E-state index is 0.0788. The number of carbonyl (C=O) groups excluding carboxylic acids is 1. The van der Waals surface area contributed by atoms with Crippen LogP contribution in [0.3, 0.4) is 0 Å². The summed E-state index contributed by atoms with van der Waals surface area (Å²) >= 11 is 0. The Labute approximate surface area is 122 Å². The van der Waals surface area contributed by atoms with E-state index in [1.807, 2.05) is 37.3 Å². The Morgan fingerprint density at radius 1 is 1.10 bits per heavy atom. The summed E-state index contributed by atoms with van der Waals surface area (Å²) in [6.45, 7) is 10.8. The van der Waals surface area contributed by atoms with Crippen molar-refractivity contribution in [3.8, 4) is 0 Å². The topological polar surface area (TPSA) is 23.6 Å².